The molecule has 3 saturated heterocycles. The van der Waals surface area contributed by atoms with Crippen LogP contribution in [0.25, 0.3) is 0 Å². The first-order chi connectivity index (χ1) is 12.7. The van der Waals surface area contributed by atoms with E-state index in [2.05, 4.69) is 40.7 Å². The van der Waals surface area contributed by atoms with Gasteiger partial charge in [-0.25, -0.2) is 0 Å². The topological polar surface area (TPSA) is 36.0 Å². The van der Waals surface area contributed by atoms with Gasteiger partial charge in [-0.05, 0) is 56.9 Å². The summed E-state index contributed by atoms with van der Waals surface area (Å²) in [4.78, 5) is 20.0. The summed E-state index contributed by atoms with van der Waals surface area (Å²) in [6, 6.07) is 8.62. The highest BCUT2D eigenvalue weighted by Crippen LogP contribution is 2.28. The minimum Gasteiger partial charge on any atom is -0.383 e. The molecule has 0 radical (unpaired) electrons. The molecular weight excluding hydrogens is 326 g/mol. The van der Waals surface area contributed by atoms with E-state index in [0.29, 0.717) is 12.0 Å². The number of fused-ring (bicyclic) bond motifs is 4. The van der Waals surface area contributed by atoms with E-state index in [1.165, 1.54) is 18.5 Å². The standard InChI is InChI=1S/C21H33N3O2/c1-4-22(5-2)19-10-7-18(8-11-19)21(25)24-15-17-6-9-20(16-24)23(14-17)12-13-26-3/h7-8,10-11,17,20H,4-6,9,12-16H2,1-3H3/t17-,20-/m1/s1. The lowest BCUT2D eigenvalue weighted by Gasteiger charge is -2.35. The Hall–Kier alpha value is -1.59. The number of hydrogen-bond donors (Lipinski definition) is 0. The van der Waals surface area contributed by atoms with Crippen LogP contribution in [-0.2, 0) is 4.74 Å². The van der Waals surface area contributed by atoms with E-state index >= 15 is 0 Å². The van der Waals surface area contributed by atoms with Crippen LogP contribution in [-0.4, -0.2) is 74.7 Å². The maximum absolute atomic E-state index is 13.1. The predicted molar refractivity (Wildman–Crippen MR) is 106 cm³/mol. The number of ether oxygens (including phenoxy) is 1. The number of hydrogen-bond acceptors (Lipinski definition) is 4. The van der Waals surface area contributed by atoms with Gasteiger partial charge >= 0.3 is 0 Å². The van der Waals surface area contributed by atoms with Crippen LogP contribution in [0.1, 0.15) is 37.0 Å². The van der Waals surface area contributed by atoms with Crippen molar-refractivity contribution in [2.24, 2.45) is 5.92 Å². The monoisotopic (exact) mass is 359 g/mol. The molecule has 0 spiro atoms. The molecule has 0 aromatic heterocycles. The molecule has 3 aliphatic heterocycles. The second kappa shape index (κ2) is 8.87. The minimum absolute atomic E-state index is 0.182. The summed E-state index contributed by atoms with van der Waals surface area (Å²) in [5.41, 5.74) is 2.00. The molecule has 3 heterocycles. The average Bonchev–Trinajstić information content (AvgIpc) is 2.99. The first-order valence-corrected chi connectivity index (χ1v) is 10.0. The van der Waals surface area contributed by atoms with Gasteiger partial charge in [0.1, 0.15) is 0 Å². The Balaban J connectivity index is 1.68. The second-order valence-electron chi connectivity index (χ2n) is 7.51. The molecule has 4 rings (SSSR count). The summed E-state index contributed by atoms with van der Waals surface area (Å²) >= 11 is 0. The van der Waals surface area contributed by atoms with E-state index < -0.39 is 0 Å². The molecule has 2 bridgehead atoms. The highest BCUT2D eigenvalue weighted by atomic mass is 16.5. The van der Waals surface area contributed by atoms with Gasteiger partial charge in [0.2, 0.25) is 0 Å². The molecule has 1 amide bonds. The molecule has 26 heavy (non-hydrogen) atoms. The third-order valence-electron chi connectivity index (χ3n) is 5.94. The number of methoxy groups -OCH3 is 1. The maximum atomic E-state index is 13.1. The zero-order chi connectivity index (χ0) is 18.5. The number of carbonyl (C=O) groups is 1. The molecule has 0 aliphatic carbocycles. The van der Waals surface area contributed by atoms with Crippen molar-refractivity contribution in [1.29, 1.82) is 0 Å². The van der Waals surface area contributed by atoms with Gasteiger partial charge in [0, 0.05) is 63.7 Å². The number of piperidine rings is 1. The number of anilines is 1. The zero-order valence-electron chi connectivity index (χ0n) is 16.5. The SMILES string of the molecule is CCN(CC)c1ccc(C(=O)N2C[C@@H]3CC[C@H](C2)N(CCOC)C3)cc1. The molecule has 0 N–H and O–H groups in total. The van der Waals surface area contributed by atoms with Gasteiger partial charge in [-0.1, -0.05) is 0 Å². The van der Waals surface area contributed by atoms with Crippen LogP contribution in [0.4, 0.5) is 5.69 Å². The molecular formula is C21H33N3O2. The highest BCUT2D eigenvalue weighted by molar-refractivity contribution is 5.94. The Labute approximate surface area is 157 Å². The van der Waals surface area contributed by atoms with Gasteiger partial charge < -0.3 is 14.5 Å². The van der Waals surface area contributed by atoms with Gasteiger partial charge in [0.25, 0.3) is 5.91 Å². The Kier molecular flexibility index (Phi) is 6.54. The van der Waals surface area contributed by atoms with Crippen LogP contribution in [0.3, 0.4) is 0 Å². The van der Waals surface area contributed by atoms with Crippen molar-refractivity contribution < 1.29 is 9.53 Å². The summed E-state index contributed by atoms with van der Waals surface area (Å²) < 4.78 is 5.26. The third-order valence-corrected chi connectivity index (χ3v) is 5.94. The fourth-order valence-corrected chi connectivity index (χ4v) is 4.41. The molecule has 3 aliphatic rings. The van der Waals surface area contributed by atoms with Crippen LogP contribution < -0.4 is 4.90 Å². The van der Waals surface area contributed by atoms with Gasteiger partial charge in [0.05, 0.1) is 6.61 Å². The van der Waals surface area contributed by atoms with E-state index in [-0.39, 0.29) is 5.91 Å². The fourth-order valence-electron chi connectivity index (χ4n) is 4.41. The molecule has 144 valence electrons. The van der Waals surface area contributed by atoms with Crippen LogP contribution in [0.15, 0.2) is 24.3 Å². The summed E-state index contributed by atoms with van der Waals surface area (Å²) in [5, 5.41) is 0. The Bertz CT molecular complexity index is 585. The number of carbonyl (C=O) groups excluding carboxylic acids is 1. The highest BCUT2D eigenvalue weighted by Gasteiger charge is 2.36. The number of amides is 1. The van der Waals surface area contributed by atoms with Crippen molar-refractivity contribution in [2.45, 2.75) is 32.7 Å². The largest absolute Gasteiger partial charge is 0.383 e. The molecule has 5 heteroatoms. The number of rotatable bonds is 7. The van der Waals surface area contributed by atoms with Crippen molar-refractivity contribution >= 4 is 11.6 Å². The normalized spacial score (nSPS) is 23.1. The smallest absolute Gasteiger partial charge is 0.253 e. The average molecular weight is 360 g/mol. The van der Waals surface area contributed by atoms with E-state index in [9.17, 15) is 4.79 Å². The lowest BCUT2D eigenvalue weighted by Crippen LogP contribution is -2.45. The molecule has 1 aromatic carbocycles. The minimum atomic E-state index is 0.182. The van der Waals surface area contributed by atoms with Gasteiger partial charge in [-0.3, -0.25) is 9.69 Å². The van der Waals surface area contributed by atoms with Crippen LogP contribution in [0.5, 0.6) is 0 Å². The van der Waals surface area contributed by atoms with Crippen molar-refractivity contribution in [3.8, 4) is 0 Å². The summed E-state index contributed by atoms with van der Waals surface area (Å²) in [7, 11) is 1.76. The summed E-state index contributed by atoms with van der Waals surface area (Å²) in [6.45, 7) is 10.8. The van der Waals surface area contributed by atoms with Gasteiger partial charge in [-0.2, -0.15) is 0 Å². The fraction of sp³-hybridized carbons (Fsp3) is 0.667. The lowest BCUT2D eigenvalue weighted by molar-refractivity contribution is 0.0718. The molecule has 2 atom stereocenters. The van der Waals surface area contributed by atoms with Crippen molar-refractivity contribution in [1.82, 2.24) is 9.80 Å². The molecule has 0 unspecified atom stereocenters. The van der Waals surface area contributed by atoms with Crippen LogP contribution in [0, 0.1) is 5.92 Å². The van der Waals surface area contributed by atoms with E-state index in [1.54, 1.807) is 7.11 Å². The van der Waals surface area contributed by atoms with E-state index in [0.717, 1.165) is 51.4 Å². The first kappa shape index (κ1) is 19.2. The molecule has 1 aromatic rings. The van der Waals surface area contributed by atoms with Crippen molar-refractivity contribution in [2.75, 3.05) is 57.9 Å². The van der Waals surface area contributed by atoms with Crippen LogP contribution in [0.2, 0.25) is 0 Å². The maximum Gasteiger partial charge on any atom is 0.253 e. The summed E-state index contributed by atoms with van der Waals surface area (Å²) in [6.07, 6.45) is 2.43. The zero-order valence-corrected chi connectivity index (χ0v) is 16.5. The first-order valence-electron chi connectivity index (χ1n) is 10.0. The number of nitrogens with zero attached hydrogens (tertiary/aromatic N) is 3. The van der Waals surface area contributed by atoms with Gasteiger partial charge in [0.15, 0.2) is 0 Å². The van der Waals surface area contributed by atoms with Crippen LogP contribution >= 0.6 is 0 Å². The van der Waals surface area contributed by atoms with E-state index in [4.69, 9.17) is 4.74 Å². The van der Waals surface area contributed by atoms with Crippen molar-refractivity contribution in [3.63, 3.8) is 0 Å². The molecule has 0 saturated carbocycles. The van der Waals surface area contributed by atoms with E-state index in [1.807, 2.05) is 12.1 Å². The predicted octanol–water partition coefficient (Wildman–Crippen LogP) is 2.72. The lowest BCUT2D eigenvalue weighted by atomic mass is 9.95. The Morgan fingerprint density at radius 2 is 1.85 bits per heavy atom. The Morgan fingerprint density at radius 3 is 2.50 bits per heavy atom. The molecule has 5 nitrogen and oxygen atoms in total. The van der Waals surface area contributed by atoms with Crippen molar-refractivity contribution in [3.05, 3.63) is 29.8 Å². The quantitative estimate of drug-likeness (QED) is 0.750. The van der Waals surface area contributed by atoms with Gasteiger partial charge in [-0.15, -0.1) is 0 Å². The Morgan fingerprint density at radius 1 is 1.12 bits per heavy atom. The summed E-state index contributed by atoms with van der Waals surface area (Å²) in [5.74, 6) is 0.770. The third kappa shape index (κ3) is 4.21. The molecule has 3 fully saturated rings. The second-order valence-corrected chi connectivity index (χ2v) is 7.51. The number of benzene rings is 1.